The van der Waals surface area contributed by atoms with Crippen molar-refractivity contribution in [3.8, 4) is 0 Å². The molecule has 0 unspecified atom stereocenters. The number of halogens is 4. The third-order valence-electron chi connectivity index (χ3n) is 4.36. The molecule has 2 aromatic carbocycles. The number of rotatable bonds is 6. The third kappa shape index (κ3) is 5.87. The van der Waals surface area contributed by atoms with Crippen LogP contribution in [0, 0.1) is 0 Å². The van der Waals surface area contributed by atoms with Crippen molar-refractivity contribution in [1.29, 1.82) is 0 Å². The number of thiocarbonyl (C=S) groups is 1. The van der Waals surface area contributed by atoms with Crippen LogP contribution in [0.15, 0.2) is 53.4 Å². The number of nitrogens with zero attached hydrogens (tertiary/aromatic N) is 1. The van der Waals surface area contributed by atoms with Crippen molar-refractivity contribution in [3.63, 3.8) is 0 Å². The average Bonchev–Trinajstić information content (AvgIpc) is 2.96. The molecule has 1 aliphatic heterocycles. The van der Waals surface area contributed by atoms with Gasteiger partial charge in [0.05, 0.1) is 16.2 Å². The Morgan fingerprint density at radius 3 is 2.55 bits per heavy atom. The predicted molar refractivity (Wildman–Crippen MR) is 121 cm³/mol. The smallest absolute Gasteiger partial charge is 0.326 e. The van der Waals surface area contributed by atoms with E-state index >= 15 is 0 Å². The molecule has 10 heteroatoms. The lowest BCUT2D eigenvalue weighted by Crippen LogP contribution is -2.29. The molecule has 1 N–H and O–H groups in total. The van der Waals surface area contributed by atoms with Gasteiger partial charge in [-0.15, -0.1) is 0 Å². The van der Waals surface area contributed by atoms with Crippen molar-refractivity contribution in [2.45, 2.75) is 19.0 Å². The number of benzene rings is 2. The summed E-state index contributed by atoms with van der Waals surface area (Å²) in [6, 6.07) is 11.8. The second-order valence-electron chi connectivity index (χ2n) is 6.55. The molecule has 3 rings (SSSR count). The van der Waals surface area contributed by atoms with Gasteiger partial charge in [-0.1, -0.05) is 65.9 Å². The molecule has 2 amide bonds. The van der Waals surface area contributed by atoms with E-state index in [4.69, 9.17) is 23.8 Å². The number of para-hydroxylation sites is 1. The maximum absolute atomic E-state index is 13.0. The van der Waals surface area contributed by atoms with E-state index in [0.717, 1.165) is 17.8 Å². The van der Waals surface area contributed by atoms with Crippen LogP contribution in [0.2, 0.25) is 5.02 Å². The molecule has 1 aliphatic rings. The Labute approximate surface area is 191 Å². The second-order valence-corrected chi connectivity index (χ2v) is 8.63. The third-order valence-corrected chi connectivity index (χ3v) is 6.08. The van der Waals surface area contributed by atoms with Crippen molar-refractivity contribution in [1.82, 2.24) is 4.90 Å². The van der Waals surface area contributed by atoms with E-state index in [1.54, 1.807) is 30.3 Å². The van der Waals surface area contributed by atoms with Gasteiger partial charge < -0.3 is 5.32 Å². The lowest BCUT2D eigenvalue weighted by molar-refractivity contribution is -0.137. The standard InChI is InChI=1S/C21H16ClF3N2O2S2/c22-15-8-3-1-6-13(15)12-17-19(29)27(20(30)31-17)11-5-10-18(28)26-16-9-4-2-7-14(16)21(23,24)25/h1-4,6-9,12H,5,10-11H2,(H,26,28)/b17-12-. The summed E-state index contributed by atoms with van der Waals surface area (Å²) in [6.45, 7) is 0.179. The van der Waals surface area contributed by atoms with Crippen molar-refractivity contribution < 1.29 is 22.8 Å². The van der Waals surface area contributed by atoms with Gasteiger partial charge in [0, 0.05) is 18.0 Å². The molecule has 0 aromatic heterocycles. The Morgan fingerprint density at radius 2 is 1.84 bits per heavy atom. The fourth-order valence-corrected chi connectivity index (χ4v) is 4.37. The van der Waals surface area contributed by atoms with Gasteiger partial charge >= 0.3 is 6.18 Å². The fourth-order valence-electron chi connectivity index (χ4n) is 2.88. The van der Waals surface area contributed by atoms with Crippen LogP contribution in [0.3, 0.4) is 0 Å². The van der Waals surface area contributed by atoms with Crippen LogP contribution in [0.25, 0.3) is 6.08 Å². The van der Waals surface area contributed by atoms with E-state index in [1.165, 1.54) is 23.1 Å². The Morgan fingerprint density at radius 1 is 1.16 bits per heavy atom. The van der Waals surface area contributed by atoms with Gasteiger partial charge in [0.15, 0.2) is 0 Å². The van der Waals surface area contributed by atoms with Crippen LogP contribution in [0.1, 0.15) is 24.0 Å². The number of hydrogen-bond acceptors (Lipinski definition) is 4. The van der Waals surface area contributed by atoms with Gasteiger partial charge in [0.1, 0.15) is 4.32 Å². The predicted octanol–water partition coefficient (Wildman–Crippen LogP) is 5.98. The Hall–Kier alpha value is -2.36. The quantitative estimate of drug-likeness (QED) is 0.405. The van der Waals surface area contributed by atoms with Crippen LogP contribution in [0.4, 0.5) is 18.9 Å². The topological polar surface area (TPSA) is 49.4 Å². The number of hydrogen-bond donors (Lipinski definition) is 1. The van der Waals surface area contributed by atoms with Crippen molar-refractivity contribution in [3.05, 3.63) is 69.6 Å². The number of nitrogens with one attached hydrogen (secondary N) is 1. The second kappa shape index (κ2) is 9.84. The molecule has 1 heterocycles. The van der Waals surface area contributed by atoms with Crippen LogP contribution < -0.4 is 5.32 Å². The van der Waals surface area contributed by atoms with Crippen molar-refractivity contribution in [2.24, 2.45) is 0 Å². The SMILES string of the molecule is O=C(CCCN1C(=O)/C(=C/c2ccccc2Cl)SC1=S)Nc1ccccc1C(F)(F)F. The first-order valence-corrected chi connectivity index (χ1v) is 10.7. The fraction of sp³-hybridized carbons (Fsp3) is 0.190. The summed E-state index contributed by atoms with van der Waals surface area (Å²) >= 11 is 12.5. The van der Waals surface area contributed by atoms with E-state index in [0.29, 0.717) is 19.8 Å². The van der Waals surface area contributed by atoms with E-state index < -0.39 is 17.6 Å². The van der Waals surface area contributed by atoms with E-state index in [2.05, 4.69) is 5.32 Å². The summed E-state index contributed by atoms with van der Waals surface area (Å²) in [5.74, 6) is -0.869. The summed E-state index contributed by atoms with van der Waals surface area (Å²) in [7, 11) is 0. The Bertz CT molecular complexity index is 1060. The number of carbonyl (C=O) groups is 2. The molecule has 0 spiro atoms. The Balaban J connectivity index is 1.58. The molecule has 1 saturated heterocycles. The van der Waals surface area contributed by atoms with E-state index in [-0.39, 0.29) is 31.0 Å². The molecular weight excluding hydrogens is 469 g/mol. The van der Waals surface area contributed by atoms with Crippen LogP contribution in [-0.2, 0) is 15.8 Å². The van der Waals surface area contributed by atoms with Gasteiger partial charge in [-0.25, -0.2) is 0 Å². The van der Waals surface area contributed by atoms with Crippen LogP contribution in [-0.4, -0.2) is 27.6 Å². The highest BCUT2D eigenvalue weighted by molar-refractivity contribution is 8.26. The van der Waals surface area contributed by atoms with Gasteiger partial charge in [-0.3, -0.25) is 14.5 Å². The highest BCUT2D eigenvalue weighted by Gasteiger charge is 2.34. The zero-order chi connectivity index (χ0) is 22.6. The van der Waals surface area contributed by atoms with Gasteiger partial charge in [-0.05, 0) is 36.3 Å². The summed E-state index contributed by atoms with van der Waals surface area (Å²) in [5.41, 5.74) is -0.523. The summed E-state index contributed by atoms with van der Waals surface area (Å²) in [4.78, 5) is 26.6. The molecule has 0 atom stereocenters. The van der Waals surface area contributed by atoms with Crippen LogP contribution >= 0.6 is 35.6 Å². The molecule has 2 aromatic rings. The molecule has 31 heavy (non-hydrogen) atoms. The minimum absolute atomic E-state index is 0.0627. The molecule has 0 saturated carbocycles. The van der Waals surface area contributed by atoms with Gasteiger partial charge in [0.25, 0.3) is 5.91 Å². The van der Waals surface area contributed by atoms with Gasteiger partial charge in [-0.2, -0.15) is 13.2 Å². The average molecular weight is 485 g/mol. The lowest BCUT2D eigenvalue weighted by atomic mass is 10.1. The molecule has 0 radical (unpaired) electrons. The van der Waals surface area contributed by atoms with E-state index in [1.807, 2.05) is 0 Å². The molecule has 162 valence electrons. The normalized spacial score (nSPS) is 15.6. The minimum Gasteiger partial charge on any atom is -0.326 e. The van der Waals surface area contributed by atoms with Crippen molar-refractivity contribution in [2.75, 3.05) is 11.9 Å². The lowest BCUT2D eigenvalue weighted by Gasteiger charge is -2.15. The summed E-state index contributed by atoms with van der Waals surface area (Å²) in [6.07, 6.45) is -2.74. The molecular formula is C21H16ClF3N2O2S2. The zero-order valence-electron chi connectivity index (χ0n) is 15.9. The molecule has 0 aliphatic carbocycles. The summed E-state index contributed by atoms with van der Waals surface area (Å²) in [5, 5.41) is 2.79. The van der Waals surface area contributed by atoms with E-state index in [9.17, 15) is 22.8 Å². The number of carbonyl (C=O) groups excluding carboxylic acids is 2. The van der Waals surface area contributed by atoms with Gasteiger partial charge in [0.2, 0.25) is 5.91 Å². The maximum atomic E-state index is 13.0. The van der Waals surface area contributed by atoms with Crippen molar-refractivity contribution >= 4 is 63.5 Å². The largest absolute Gasteiger partial charge is 0.418 e. The first kappa shape index (κ1) is 23.3. The highest BCUT2D eigenvalue weighted by Crippen LogP contribution is 2.35. The molecule has 4 nitrogen and oxygen atoms in total. The first-order valence-electron chi connectivity index (χ1n) is 9.13. The minimum atomic E-state index is -4.57. The summed E-state index contributed by atoms with van der Waals surface area (Å²) < 4.78 is 39.5. The number of alkyl halides is 3. The zero-order valence-corrected chi connectivity index (χ0v) is 18.3. The first-order chi connectivity index (χ1) is 14.7. The molecule has 1 fully saturated rings. The maximum Gasteiger partial charge on any atom is 0.418 e. The Kier molecular flexibility index (Phi) is 7.40. The molecule has 0 bridgehead atoms. The number of thioether (sulfide) groups is 1. The number of anilines is 1. The van der Waals surface area contributed by atoms with Crippen LogP contribution in [0.5, 0.6) is 0 Å². The monoisotopic (exact) mass is 484 g/mol. The number of amides is 2. The highest BCUT2D eigenvalue weighted by atomic mass is 35.5.